The number of ether oxygens (including phenoxy) is 3. The van der Waals surface area contributed by atoms with Crippen molar-refractivity contribution >= 4 is 5.97 Å². The van der Waals surface area contributed by atoms with Crippen LogP contribution in [0.4, 0.5) is 8.78 Å². The van der Waals surface area contributed by atoms with E-state index in [9.17, 15) is 18.7 Å². The molecule has 1 aromatic carbocycles. The number of hydrogen-bond donors (Lipinski definition) is 1. The van der Waals surface area contributed by atoms with Crippen molar-refractivity contribution in [2.24, 2.45) is 17.8 Å². The Bertz CT molecular complexity index is 826. The van der Waals surface area contributed by atoms with Crippen molar-refractivity contribution in [3.8, 4) is 5.75 Å². The summed E-state index contributed by atoms with van der Waals surface area (Å²) in [4.78, 5) is 11.7. The third-order valence-corrected chi connectivity index (χ3v) is 6.66. The Labute approximate surface area is 208 Å². The van der Waals surface area contributed by atoms with Crippen LogP contribution < -0.4 is 4.74 Å². The molecule has 0 bridgehead atoms. The number of carbonyl (C=O) groups is 1. The molecule has 3 rings (SSSR count). The Hall–Kier alpha value is -2.03. The molecule has 2 fully saturated rings. The molecule has 1 aliphatic heterocycles. The molecule has 0 radical (unpaired) electrons. The Kier molecular flexibility index (Phi) is 12.3. The second-order valence-electron chi connectivity index (χ2n) is 9.81. The maximum atomic E-state index is 13.7. The normalized spacial score (nSPS) is 28.1. The fourth-order valence-electron chi connectivity index (χ4n) is 5.07. The smallest absolute Gasteiger partial charge is 0.306 e. The molecule has 35 heavy (non-hydrogen) atoms. The fourth-order valence-corrected chi connectivity index (χ4v) is 5.07. The maximum Gasteiger partial charge on any atom is 0.306 e. The highest BCUT2D eigenvalue weighted by molar-refractivity contribution is 5.69. The van der Waals surface area contributed by atoms with E-state index < -0.39 is 17.2 Å². The molecule has 0 spiro atoms. The van der Waals surface area contributed by atoms with Crippen molar-refractivity contribution in [2.45, 2.75) is 84.5 Å². The van der Waals surface area contributed by atoms with Gasteiger partial charge in [-0.25, -0.2) is 8.78 Å². The zero-order valence-corrected chi connectivity index (χ0v) is 20.3. The summed E-state index contributed by atoms with van der Waals surface area (Å²) in [6, 6.07) is 3.10. The molecule has 2 aliphatic rings. The minimum atomic E-state index is -0.899. The van der Waals surface area contributed by atoms with Gasteiger partial charge in [-0.1, -0.05) is 19.6 Å². The van der Waals surface area contributed by atoms with Gasteiger partial charge < -0.3 is 24.8 Å². The molecule has 0 amide bonds. The summed E-state index contributed by atoms with van der Waals surface area (Å²) in [5, 5.41) is 11.0. The van der Waals surface area contributed by atoms with Crippen molar-refractivity contribution in [1.82, 2.24) is 0 Å². The van der Waals surface area contributed by atoms with E-state index in [4.69, 9.17) is 14.2 Å². The SMILES string of the molecule is C.CC(C)OC(=O)CCCC1CC[C@H]2C(/C=C/COc3cc(F)ccc3F)[C@@](C)(O)C[C@H]2OC1.O. The molecule has 3 N–H and O–H groups in total. The summed E-state index contributed by atoms with van der Waals surface area (Å²) in [5.41, 5.74) is -0.899. The molecule has 1 saturated heterocycles. The van der Waals surface area contributed by atoms with Crippen molar-refractivity contribution in [3.05, 3.63) is 42.0 Å². The minimum absolute atomic E-state index is 0. The molecule has 1 aliphatic carbocycles. The number of fused-ring (bicyclic) bond motifs is 1. The molecule has 2 unspecified atom stereocenters. The molecular weight excluding hydrogens is 458 g/mol. The second kappa shape index (κ2) is 13.9. The quantitative estimate of drug-likeness (QED) is 0.380. The van der Waals surface area contributed by atoms with Gasteiger partial charge in [-0.3, -0.25) is 4.79 Å². The maximum absolute atomic E-state index is 13.7. The third kappa shape index (κ3) is 8.85. The number of halogens is 2. The molecule has 1 heterocycles. The number of rotatable bonds is 9. The van der Waals surface area contributed by atoms with Gasteiger partial charge in [-0.15, -0.1) is 0 Å². The molecule has 5 atom stereocenters. The lowest BCUT2D eigenvalue weighted by Gasteiger charge is -2.27. The Balaban J connectivity index is 0.00000306. The zero-order chi connectivity index (χ0) is 24.0. The molecule has 8 heteroatoms. The molecule has 1 saturated carbocycles. The van der Waals surface area contributed by atoms with Gasteiger partial charge in [0.2, 0.25) is 0 Å². The first-order valence-electron chi connectivity index (χ1n) is 11.9. The van der Waals surface area contributed by atoms with E-state index in [-0.39, 0.29) is 55.3 Å². The van der Waals surface area contributed by atoms with E-state index in [1.165, 1.54) is 0 Å². The van der Waals surface area contributed by atoms with Gasteiger partial charge in [-0.2, -0.15) is 0 Å². The van der Waals surface area contributed by atoms with Gasteiger partial charge in [0, 0.05) is 31.4 Å². The molecule has 0 aromatic heterocycles. The van der Waals surface area contributed by atoms with Crippen LogP contribution in [0.5, 0.6) is 5.75 Å². The minimum Gasteiger partial charge on any atom is -0.486 e. The molecular formula is C27H42F2O6. The average molecular weight is 501 g/mol. The summed E-state index contributed by atoms with van der Waals surface area (Å²) in [6.45, 7) is 6.24. The number of aliphatic hydroxyl groups is 1. The Morgan fingerprint density at radius 3 is 2.77 bits per heavy atom. The third-order valence-electron chi connectivity index (χ3n) is 6.66. The van der Waals surface area contributed by atoms with Crippen LogP contribution in [-0.2, 0) is 14.3 Å². The van der Waals surface area contributed by atoms with Crippen molar-refractivity contribution in [1.29, 1.82) is 0 Å². The number of esters is 1. The second-order valence-corrected chi connectivity index (χ2v) is 9.81. The largest absolute Gasteiger partial charge is 0.486 e. The Morgan fingerprint density at radius 2 is 2.06 bits per heavy atom. The highest BCUT2D eigenvalue weighted by Gasteiger charge is 2.50. The lowest BCUT2D eigenvalue weighted by Crippen LogP contribution is -2.30. The first kappa shape index (κ1) is 31.0. The van der Waals surface area contributed by atoms with Crippen LogP contribution in [0.25, 0.3) is 0 Å². The van der Waals surface area contributed by atoms with Gasteiger partial charge in [0.25, 0.3) is 0 Å². The molecule has 1 aromatic rings. The standard InChI is InChI=1S/C26H36F2O5.CH4.H2O/c1-17(2)33-25(29)8-4-6-18-9-11-20-21(26(3,30)15-24(20)32-16-18)7-5-13-31-23-14-19(27)10-12-22(23)28;;/h5,7,10,12,14,17-18,20-21,24,30H,4,6,8-9,11,13,15-16H2,1-3H3;1H4;1H2/b7-5+;;/t18?,20-,21?,24+,26-;;/m0../s1. The van der Waals surface area contributed by atoms with Crippen LogP contribution in [0.1, 0.15) is 66.7 Å². The average Bonchev–Trinajstić information content (AvgIpc) is 2.84. The van der Waals surface area contributed by atoms with Crippen molar-refractivity contribution < 1.29 is 38.4 Å². The monoisotopic (exact) mass is 500 g/mol. The zero-order valence-electron chi connectivity index (χ0n) is 20.3. The Morgan fingerprint density at radius 1 is 1.31 bits per heavy atom. The number of benzene rings is 1. The van der Waals surface area contributed by atoms with Crippen molar-refractivity contribution in [2.75, 3.05) is 13.2 Å². The van der Waals surface area contributed by atoms with Gasteiger partial charge in [-0.05, 0) is 70.4 Å². The van der Waals surface area contributed by atoms with E-state index in [1.54, 1.807) is 6.08 Å². The van der Waals surface area contributed by atoms with Crippen LogP contribution in [0.15, 0.2) is 30.4 Å². The molecule has 200 valence electrons. The summed E-state index contributed by atoms with van der Waals surface area (Å²) >= 11 is 0. The summed E-state index contributed by atoms with van der Waals surface area (Å²) < 4.78 is 43.8. The van der Waals surface area contributed by atoms with Gasteiger partial charge in [0.1, 0.15) is 12.4 Å². The lowest BCUT2D eigenvalue weighted by molar-refractivity contribution is -0.147. The topological polar surface area (TPSA) is 96.5 Å². The summed E-state index contributed by atoms with van der Waals surface area (Å²) in [5.74, 6) is -0.999. The van der Waals surface area contributed by atoms with Crippen LogP contribution >= 0.6 is 0 Å². The van der Waals surface area contributed by atoms with Crippen LogP contribution in [-0.4, -0.2) is 47.6 Å². The number of carbonyl (C=O) groups excluding carboxylic acids is 1. The number of hydrogen-bond acceptors (Lipinski definition) is 5. The first-order valence-corrected chi connectivity index (χ1v) is 11.9. The predicted octanol–water partition coefficient (Wildman–Crippen LogP) is 5.02. The van der Waals surface area contributed by atoms with Gasteiger partial charge >= 0.3 is 5.97 Å². The highest BCUT2D eigenvalue weighted by atomic mass is 19.1. The fraction of sp³-hybridized carbons (Fsp3) is 0.667. The van der Waals surface area contributed by atoms with E-state index >= 15 is 0 Å². The van der Waals surface area contributed by atoms with Crippen LogP contribution in [0.2, 0.25) is 0 Å². The van der Waals surface area contributed by atoms with Crippen LogP contribution in [0, 0.1) is 29.4 Å². The summed E-state index contributed by atoms with van der Waals surface area (Å²) in [7, 11) is 0. The van der Waals surface area contributed by atoms with E-state index in [0.717, 1.165) is 43.9 Å². The van der Waals surface area contributed by atoms with E-state index in [0.29, 0.717) is 25.4 Å². The highest BCUT2D eigenvalue weighted by Crippen LogP contribution is 2.47. The van der Waals surface area contributed by atoms with Gasteiger partial charge in [0.15, 0.2) is 11.6 Å². The van der Waals surface area contributed by atoms with Crippen LogP contribution in [0.3, 0.4) is 0 Å². The van der Waals surface area contributed by atoms with Crippen molar-refractivity contribution in [3.63, 3.8) is 0 Å². The predicted molar refractivity (Wildman–Crippen MR) is 131 cm³/mol. The first-order chi connectivity index (χ1) is 15.7. The lowest BCUT2D eigenvalue weighted by atomic mass is 9.82. The van der Waals surface area contributed by atoms with E-state index in [1.807, 2.05) is 26.8 Å². The van der Waals surface area contributed by atoms with E-state index in [2.05, 4.69) is 0 Å². The summed E-state index contributed by atoms with van der Waals surface area (Å²) in [6.07, 6.45) is 8.15. The van der Waals surface area contributed by atoms with Gasteiger partial charge in [0.05, 0.1) is 17.8 Å². The molecule has 6 nitrogen and oxygen atoms in total.